The number of nitrogens with one attached hydrogen (secondary N) is 1. The van der Waals surface area contributed by atoms with Crippen molar-refractivity contribution < 1.29 is 6.22 Å². The Bertz CT molecular complexity index is 1310. The van der Waals surface area contributed by atoms with Gasteiger partial charge >= 0.3 is 0 Å². The van der Waals surface area contributed by atoms with Crippen LogP contribution in [0, 0.1) is 6.92 Å². The average molecular weight is 429 g/mol. The standard InChI is InChI=1S/C26H26N4O2.H2/c1-18-19(17-29-14-8-13-25(29)32)15-22-23(31)16-24(28-20-9-4-2-5-10-20)30(26(22)27-18)21-11-6-3-7-12-21;/h3-4,6-7,9-12,15-16,28H,2,5,8,13-14,17H2,1H3;1H. The van der Waals surface area contributed by atoms with Gasteiger partial charge in [-0.1, -0.05) is 30.4 Å². The quantitative estimate of drug-likeness (QED) is 0.639. The SMILES string of the molecule is Cc1nc2c(cc1CN1CCCC1=O)c(=O)cc(NC1=CCCC=C1)n2-c1ccccc1.[HH]. The first-order valence-electron chi connectivity index (χ1n) is 11.1. The fourth-order valence-corrected chi connectivity index (χ4v) is 4.39. The number of hydrogen-bond donors (Lipinski definition) is 1. The summed E-state index contributed by atoms with van der Waals surface area (Å²) in [7, 11) is 0. The molecule has 3 aromatic rings. The third kappa shape index (κ3) is 3.84. The molecular formula is C26H28N4O2. The third-order valence-electron chi connectivity index (χ3n) is 6.10. The van der Waals surface area contributed by atoms with Gasteiger partial charge in [0.1, 0.15) is 11.5 Å². The number of fused-ring (bicyclic) bond motifs is 1. The summed E-state index contributed by atoms with van der Waals surface area (Å²) >= 11 is 0. The van der Waals surface area contributed by atoms with Crippen molar-refractivity contribution in [1.82, 2.24) is 14.5 Å². The Morgan fingerprint density at radius 3 is 2.69 bits per heavy atom. The van der Waals surface area contributed by atoms with Gasteiger partial charge in [-0.2, -0.15) is 0 Å². The Morgan fingerprint density at radius 1 is 1.12 bits per heavy atom. The molecule has 2 aliphatic rings. The second-order valence-corrected chi connectivity index (χ2v) is 8.35. The summed E-state index contributed by atoms with van der Waals surface area (Å²) < 4.78 is 2.00. The molecule has 3 heterocycles. The number of rotatable bonds is 5. The van der Waals surface area contributed by atoms with Gasteiger partial charge in [0.2, 0.25) is 5.91 Å². The third-order valence-corrected chi connectivity index (χ3v) is 6.10. The Balaban J connectivity index is 0.00000259. The number of carbonyl (C=O) groups excluding carboxylic acids is 1. The fraction of sp³-hybridized carbons (Fsp3) is 0.269. The van der Waals surface area contributed by atoms with Crippen LogP contribution >= 0.6 is 0 Å². The highest BCUT2D eigenvalue weighted by molar-refractivity contribution is 5.82. The molecule has 0 unspecified atom stereocenters. The molecule has 1 aromatic carbocycles. The topological polar surface area (TPSA) is 67.2 Å². The minimum atomic E-state index is -0.0865. The highest BCUT2D eigenvalue weighted by Gasteiger charge is 2.22. The normalized spacial score (nSPS) is 16.0. The van der Waals surface area contributed by atoms with E-state index in [2.05, 4.69) is 17.5 Å². The average Bonchev–Trinajstić information content (AvgIpc) is 3.20. The van der Waals surface area contributed by atoms with Gasteiger partial charge in [0.25, 0.3) is 0 Å². The zero-order valence-corrected chi connectivity index (χ0v) is 18.2. The predicted octanol–water partition coefficient (Wildman–Crippen LogP) is 4.71. The molecule has 0 radical (unpaired) electrons. The molecule has 1 amide bonds. The number of aryl methyl sites for hydroxylation is 1. The molecule has 6 nitrogen and oxygen atoms in total. The fourth-order valence-electron chi connectivity index (χ4n) is 4.39. The lowest BCUT2D eigenvalue weighted by molar-refractivity contribution is -0.128. The van der Waals surface area contributed by atoms with Crippen LogP contribution in [0.2, 0.25) is 0 Å². The van der Waals surface area contributed by atoms with Crippen LogP contribution in [0.15, 0.2) is 71.2 Å². The molecular weight excluding hydrogens is 400 g/mol. The summed E-state index contributed by atoms with van der Waals surface area (Å²) in [4.78, 5) is 32.0. The van der Waals surface area contributed by atoms with E-state index in [1.54, 1.807) is 6.07 Å². The predicted molar refractivity (Wildman–Crippen MR) is 129 cm³/mol. The number of hydrogen-bond acceptors (Lipinski definition) is 4. The number of para-hydroxylation sites is 1. The minimum absolute atomic E-state index is 0. The van der Waals surface area contributed by atoms with Crippen molar-refractivity contribution in [2.75, 3.05) is 11.9 Å². The van der Waals surface area contributed by atoms with Gasteiger partial charge < -0.3 is 10.2 Å². The zero-order valence-electron chi connectivity index (χ0n) is 18.2. The largest absolute Gasteiger partial charge is 0.341 e. The molecule has 1 aliphatic carbocycles. The van der Waals surface area contributed by atoms with E-state index in [-0.39, 0.29) is 12.8 Å². The van der Waals surface area contributed by atoms with E-state index in [0.717, 1.165) is 48.4 Å². The molecule has 0 bridgehead atoms. The lowest BCUT2D eigenvalue weighted by atomic mass is 10.1. The summed E-state index contributed by atoms with van der Waals surface area (Å²) in [6, 6.07) is 13.5. The van der Waals surface area contributed by atoms with Crippen LogP contribution in [0.5, 0.6) is 0 Å². The van der Waals surface area contributed by atoms with Gasteiger partial charge in [0.05, 0.1) is 5.39 Å². The second kappa shape index (κ2) is 8.46. The number of nitrogens with zero attached hydrogens (tertiary/aromatic N) is 3. The van der Waals surface area contributed by atoms with Crippen molar-refractivity contribution in [2.45, 2.75) is 39.2 Å². The zero-order chi connectivity index (χ0) is 22.1. The van der Waals surface area contributed by atoms with E-state index in [9.17, 15) is 9.59 Å². The molecule has 164 valence electrons. The summed E-state index contributed by atoms with van der Waals surface area (Å²) in [5.74, 6) is 0.848. The highest BCUT2D eigenvalue weighted by atomic mass is 16.2. The van der Waals surface area contributed by atoms with Gasteiger partial charge in [-0.05, 0) is 56.0 Å². The number of anilines is 1. The van der Waals surface area contributed by atoms with E-state index in [1.165, 1.54) is 0 Å². The molecule has 5 rings (SSSR count). The number of carbonyl (C=O) groups is 1. The summed E-state index contributed by atoms with van der Waals surface area (Å²) in [5, 5.41) is 3.98. The molecule has 0 saturated carbocycles. The lowest BCUT2D eigenvalue weighted by Gasteiger charge is -2.21. The number of benzene rings is 1. The van der Waals surface area contributed by atoms with Crippen molar-refractivity contribution in [3.63, 3.8) is 0 Å². The summed E-state index contributed by atoms with van der Waals surface area (Å²) in [5.41, 5.74) is 4.17. The molecule has 0 spiro atoms. The summed E-state index contributed by atoms with van der Waals surface area (Å²) in [6.45, 7) is 3.20. The van der Waals surface area contributed by atoms with E-state index in [4.69, 9.17) is 4.98 Å². The van der Waals surface area contributed by atoms with Crippen LogP contribution in [-0.4, -0.2) is 26.9 Å². The van der Waals surface area contributed by atoms with E-state index in [1.807, 2.05) is 58.9 Å². The molecule has 6 heteroatoms. The van der Waals surface area contributed by atoms with Crippen LogP contribution in [0.4, 0.5) is 5.82 Å². The Labute approximate surface area is 188 Å². The van der Waals surface area contributed by atoms with Gasteiger partial charge in [0.15, 0.2) is 5.43 Å². The molecule has 0 atom stereocenters. The van der Waals surface area contributed by atoms with Crippen LogP contribution in [0.3, 0.4) is 0 Å². The van der Waals surface area contributed by atoms with Gasteiger partial charge in [0, 0.05) is 44.1 Å². The van der Waals surface area contributed by atoms with Crippen LogP contribution in [0.25, 0.3) is 16.7 Å². The van der Waals surface area contributed by atoms with Crippen molar-refractivity contribution in [2.24, 2.45) is 0 Å². The van der Waals surface area contributed by atoms with Gasteiger partial charge in [-0.15, -0.1) is 0 Å². The van der Waals surface area contributed by atoms with Crippen LogP contribution in [0.1, 0.15) is 38.4 Å². The number of aromatic nitrogens is 2. The Morgan fingerprint density at radius 2 is 1.97 bits per heavy atom. The molecule has 1 N–H and O–H groups in total. The number of pyridine rings is 2. The van der Waals surface area contributed by atoms with Crippen molar-refractivity contribution >= 4 is 22.8 Å². The van der Waals surface area contributed by atoms with E-state index < -0.39 is 0 Å². The minimum Gasteiger partial charge on any atom is -0.341 e. The first kappa shape index (κ1) is 20.2. The molecule has 2 aromatic heterocycles. The van der Waals surface area contributed by atoms with Gasteiger partial charge in [-0.25, -0.2) is 4.98 Å². The molecule has 1 saturated heterocycles. The smallest absolute Gasteiger partial charge is 0.222 e. The number of allylic oxidation sites excluding steroid dienone is 3. The number of likely N-dealkylation sites (tertiary alicyclic amines) is 1. The maximum atomic E-state index is 13.2. The molecule has 1 aliphatic heterocycles. The first-order valence-corrected chi connectivity index (χ1v) is 11.1. The van der Waals surface area contributed by atoms with Crippen LogP contribution < -0.4 is 10.7 Å². The maximum absolute atomic E-state index is 13.2. The first-order chi connectivity index (χ1) is 15.6. The van der Waals surface area contributed by atoms with Gasteiger partial charge in [-0.3, -0.25) is 14.2 Å². The van der Waals surface area contributed by atoms with Crippen molar-refractivity contribution in [3.8, 4) is 5.69 Å². The number of amides is 1. The second-order valence-electron chi connectivity index (χ2n) is 8.35. The Hall–Kier alpha value is -3.67. The van der Waals surface area contributed by atoms with Crippen LogP contribution in [-0.2, 0) is 11.3 Å². The Kier molecular flexibility index (Phi) is 5.35. The van der Waals surface area contributed by atoms with E-state index >= 15 is 0 Å². The molecule has 32 heavy (non-hydrogen) atoms. The highest BCUT2D eigenvalue weighted by Crippen LogP contribution is 2.26. The van der Waals surface area contributed by atoms with Crippen molar-refractivity contribution in [3.05, 3.63) is 87.9 Å². The molecule has 1 fully saturated rings. The monoisotopic (exact) mass is 428 g/mol. The lowest BCUT2D eigenvalue weighted by Crippen LogP contribution is -2.25. The van der Waals surface area contributed by atoms with E-state index in [0.29, 0.717) is 29.8 Å². The van der Waals surface area contributed by atoms with Crippen molar-refractivity contribution in [1.29, 1.82) is 0 Å². The maximum Gasteiger partial charge on any atom is 0.222 e. The summed E-state index contributed by atoms with van der Waals surface area (Å²) in [6.07, 6.45) is 9.79.